The van der Waals surface area contributed by atoms with Gasteiger partial charge in [-0.15, -0.1) is 0 Å². The average Bonchev–Trinajstić information content (AvgIpc) is 2.74. The number of aryl methyl sites for hydroxylation is 2. The van der Waals surface area contributed by atoms with E-state index in [2.05, 4.69) is 85.2 Å². The lowest BCUT2D eigenvalue weighted by Gasteiger charge is -2.18. The number of anilines is 2. The van der Waals surface area contributed by atoms with E-state index in [1.807, 2.05) is 26.2 Å². The summed E-state index contributed by atoms with van der Waals surface area (Å²) in [5.74, 6) is 1.04. The monoisotopic (exact) mass is 386 g/mol. The second-order valence-electron chi connectivity index (χ2n) is 7.26. The highest BCUT2D eigenvalue weighted by atomic mass is 16.5. The predicted octanol–water partition coefficient (Wildman–Crippen LogP) is 6.24. The maximum absolute atomic E-state index is 5.27. The van der Waals surface area contributed by atoms with E-state index in [1.165, 1.54) is 22.3 Å². The van der Waals surface area contributed by atoms with Crippen LogP contribution in [-0.4, -0.2) is 21.2 Å². The third kappa shape index (κ3) is 4.80. The summed E-state index contributed by atoms with van der Waals surface area (Å²) < 4.78 is 5.27. The van der Waals surface area contributed by atoms with Crippen LogP contribution < -0.4 is 15.4 Å². The fourth-order valence-electron chi connectivity index (χ4n) is 3.66. The fourth-order valence-corrected chi connectivity index (χ4v) is 3.66. The van der Waals surface area contributed by atoms with Crippen molar-refractivity contribution in [3.8, 4) is 5.75 Å². The Morgan fingerprint density at radius 3 is 1.69 bits per heavy atom. The van der Waals surface area contributed by atoms with Gasteiger partial charge >= 0.3 is 0 Å². The minimum absolute atomic E-state index is 0.173. The maximum atomic E-state index is 5.27. The van der Waals surface area contributed by atoms with E-state index in [0.29, 0.717) is 0 Å². The number of rotatable bonds is 7. The van der Waals surface area contributed by atoms with Crippen LogP contribution in [0.15, 0.2) is 66.7 Å². The average molecular weight is 387 g/mol. The number of nitrogens with one attached hydrogen (secondary N) is 2. The molecular formula is C26H30N2O. The second kappa shape index (κ2) is 9.33. The Labute approximate surface area is 174 Å². The molecule has 0 radical (unpaired) electrons. The van der Waals surface area contributed by atoms with Crippen molar-refractivity contribution in [3.63, 3.8) is 0 Å². The van der Waals surface area contributed by atoms with Crippen molar-refractivity contribution < 1.29 is 4.74 Å². The molecule has 2 N–H and O–H groups in total. The Balaban J connectivity index is 2.01. The van der Waals surface area contributed by atoms with E-state index in [1.54, 1.807) is 7.11 Å². The van der Waals surface area contributed by atoms with Crippen LogP contribution in [0.2, 0.25) is 0 Å². The molecular weight excluding hydrogens is 356 g/mol. The SMILES string of the molecule is CNc1ccc(C(C=Cc2ccc(OC)cc2)c2ccc(NC)c(C)c2)cc1C. The molecule has 0 aliphatic heterocycles. The molecule has 0 unspecified atom stereocenters. The van der Waals surface area contributed by atoms with Gasteiger partial charge in [0.25, 0.3) is 0 Å². The summed E-state index contributed by atoms with van der Waals surface area (Å²) in [5, 5.41) is 6.51. The highest BCUT2D eigenvalue weighted by molar-refractivity contribution is 5.59. The van der Waals surface area contributed by atoms with Crippen LogP contribution >= 0.6 is 0 Å². The molecule has 3 aromatic rings. The van der Waals surface area contributed by atoms with E-state index in [0.717, 1.165) is 22.7 Å². The van der Waals surface area contributed by atoms with E-state index in [9.17, 15) is 0 Å². The molecule has 0 aliphatic carbocycles. The molecule has 0 saturated carbocycles. The lowest BCUT2D eigenvalue weighted by atomic mass is 9.88. The lowest BCUT2D eigenvalue weighted by Crippen LogP contribution is -2.02. The van der Waals surface area contributed by atoms with Crippen molar-refractivity contribution in [1.29, 1.82) is 0 Å². The van der Waals surface area contributed by atoms with Crippen LogP contribution in [0.4, 0.5) is 11.4 Å². The molecule has 3 heteroatoms. The van der Waals surface area contributed by atoms with Gasteiger partial charge in [0, 0.05) is 31.4 Å². The normalized spacial score (nSPS) is 11.1. The molecule has 0 saturated heterocycles. The van der Waals surface area contributed by atoms with Gasteiger partial charge in [0.05, 0.1) is 7.11 Å². The maximum Gasteiger partial charge on any atom is 0.118 e. The van der Waals surface area contributed by atoms with E-state index >= 15 is 0 Å². The van der Waals surface area contributed by atoms with Gasteiger partial charge in [-0.05, 0) is 65.9 Å². The fraction of sp³-hybridized carbons (Fsp3) is 0.231. The molecule has 29 heavy (non-hydrogen) atoms. The molecule has 0 amide bonds. The summed E-state index contributed by atoms with van der Waals surface area (Å²) in [5.41, 5.74) is 8.53. The van der Waals surface area contributed by atoms with Crippen LogP contribution in [0.5, 0.6) is 5.75 Å². The number of hydrogen-bond acceptors (Lipinski definition) is 3. The van der Waals surface area contributed by atoms with Crippen molar-refractivity contribution in [2.24, 2.45) is 0 Å². The minimum atomic E-state index is 0.173. The molecule has 150 valence electrons. The molecule has 0 atom stereocenters. The highest BCUT2D eigenvalue weighted by Crippen LogP contribution is 2.32. The zero-order valence-corrected chi connectivity index (χ0v) is 17.9. The first-order chi connectivity index (χ1) is 14.0. The largest absolute Gasteiger partial charge is 0.497 e. The van der Waals surface area contributed by atoms with Crippen molar-refractivity contribution in [2.75, 3.05) is 31.8 Å². The van der Waals surface area contributed by atoms with Gasteiger partial charge in [0.2, 0.25) is 0 Å². The Morgan fingerprint density at radius 1 is 0.759 bits per heavy atom. The highest BCUT2D eigenvalue weighted by Gasteiger charge is 2.13. The summed E-state index contributed by atoms with van der Waals surface area (Å²) in [6.07, 6.45) is 4.47. The third-order valence-electron chi connectivity index (χ3n) is 5.35. The standard InChI is InChI=1S/C26H30N2O/c1-18-16-21(9-14-25(18)27-3)24(22-10-15-26(28-4)19(2)17-22)13-8-20-6-11-23(29-5)12-7-20/h6-17,24,27-28H,1-5H3. The molecule has 3 aromatic carbocycles. The molecule has 0 bridgehead atoms. The molecule has 0 heterocycles. The first kappa shape index (κ1) is 20.5. The Hall–Kier alpha value is -3.20. The number of hydrogen-bond donors (Lipinski definition) is 2. The molecule has 0 spiro atoms. The summed E-state index contributed by atoms with van der Waals surface area (Å²) in [7, 11) is 5.61. The molecule has 0 fully saturated rings. The van der Waals surface area contributed by atoms with Gasteiger partial charge < -0.3 is 15.4 Å². The third-order valence-corrected chi connectivity index (χ3v) is 5.35. The van der Waals surface area contributed by atoms with E-state index in [-0.39, 0.29) is 5.92 Å². The number of allylic oxidation sites excluding steroid dienone is 1. The smallest absolute Gasteiger partial charge is 0.118 e. The van der Waals surface area contributed by atoms with Crippen LogP contribution in [-0.2, 0) is 0 Å². The number of ether oxygens (including phenoxy) is 1. The molecule has 3 rings (SSSR count). The zero-order chi connectivity index (χ0) is 20.8. The number of benzene rings is 3. The molecule has 3 nitrogen and oxygen atoms in total. The van der Waals surface area contributed by atoms with Crippen LogP contribution in [0.25, 0.3) is 6.08 Å². The second-order valence-corrected chi connectivity index (χ2v) is 7.26. The van der Waals surface area contributed by atoms with Gasteiger partial charge in [-0.1, -0.05) is 48.6 Å². The Bertz CT molecular complexity index is 937. The zero-order valence-electron chi connectivity index (χ0n) is 17.9. The predicted molar refractivity (Wildman–Crippen MR) is 125 cm³/mol. The summed E-state index contributed by atoms with van der Waals surface area (Å²) >= 11 is 0. The van der Waals surface area contributed by atoms with Crippen molar-refractivity contribution >= 4 is 17.5 Å². The van der Waals surface area contributed by atoms with Crippen LogP contribution in [0, 0.1) is 13.8 Å². The molecule has 0 aromatic heterocycles. The minimum Gasteiger partial charge on any atom is -0.497 e. The van der Waals surface area contributed by atoms with E-state index < -0.39 is 0 Å². The lowest BCUT2D eigenvalue weighted by molar-refractivity contribution is 0.415. The Kier molecular flexibility index (Phi) is 6.61. The van der Waals surface area contributed by atoms with Gasteiger partial charge in [-0.3, -0.25) is 0 Å². The van der Waals surface area contributed by atoms with Crippen molar-refractivity contribution in [1.82, 2.24) is 0 Å². The first-order valence-corrected chi connectivity index (χ1v) is 9.94. The van der Waals surface area contributed by atoms with E-state index in [4.69, 9.17) is 4.74 Å². The quantitative estimate of drug-likeness (QED) is 0.504. The van der Waals surface area contributed by atoms with Crippen LogP contribution in [0.1, 0.15) is 33.7 Å². The summed E-state index contributed by atoms with van der Waals surface area (Å²) in [6.45, 7) is 4.30. The number of methoxy groups -OCH3 is 1. The van der Waals surface area contributed by atoms with Gasteiger partial charge in [-0.2, -0.15) is 0 Å². The summed E-state index contributed by atoms with van der Waals surface area (Å²) in [4.78, 5) is 0. The topological polar surface area (TPSA) is 33.3 Å². The van der Waals surface area contributed by atoms with Crippen molar-refractivity contribution in [2.45, 2.75) is 19.8 Å². The van der Waals surface area contributed by atoms with Gasteiger partial charge in [0.15, 0.2) is 0 Å². The van der Waals surface area contributed by atoms with Crippen LogP contribution in [0.3, 0.4) is 0 Å². The first-order valence-electron chi connectivity index (χ1n) is 9.94. The Morgan fingerprint density at radius 2 is 1.28 bits per heavy atom. The summed E-state index contributed by atoms with van der Waals surface area (Å²) in [6, 6.07) is 21.4. The van der Waals surface area contributed by atoms with Gasteiger partial charge in [-0.25, -0.2) is 0 Å². The molecule has 0 aliphatic rings. The van der Waals surface area contributed by atoms with Crippen molar-refractivity contribution in [3.05, 3.63) is 94.6 Å². The van der Waals surface area contributed by atoms with Gasteiger partial charge in [0.1, 0.15) is 5.75 Å².